The molecule has 2 heterocycles. The predicted molar refractivity (Wildman–Crippen MR) is 112 cm³/mol. The van der Waals surface area contributed by atoms with Gasteiger partial charge in [0.05, 0.1) is 12.1 Å². The predicted octanol–water partition coefficient (Wildman–Crippen LogP) is 3.52. The highest BCUT2D eigenvalue weighted by atomic mass is 19.4. The Balaban J connectivity index is 1.56. The summed E-state index contributed by atoms with van der Waals surface area (Å²) in [4.78, 5) is 49.9. The molecule has 1 fully saturated rings. The van der Waals surface area contributed by atoms with Crippen LogP contribution in [0.25, 0.3) is 0 Å². The lowest BCUT2D eigenvalue weighted by molar-refractivity contribution is -0.274. The summed E-state index contributed by atoms with van der Waals surface area (Å²) in [7, 11) is 0. The molecule has 202 valence electrons. The van der Waals surface area contributed by atoms with E-state index >= 15 is 4.39 Å². The molecule has 2 N–H and O–H groups in total. The molecule has 0 aromatic heterocycles. The number of halogens is 7. The van der Waals surface area contributed by atoms with Crippen molar-refractivity contribution in [3.63, 3.8) is 0 Å². The Labute approximate surface area is 208 Å². The van der Waals surface area contributed by atoms with E-state index in [0.717, 1.165) is 17.0 Å². The molecule has 1 unspecified atom stereocenters. The van der Waals surface area contributed by atoms with E-state index in [1.807, 2.05) is 0 Å². The molecule has 2 aliphatic heterocycles. The highest BCUT2D eigenvalue weighted by molar-refractivity contribution is 6.06. The lowest BCUT2D eigenvalue weighted by Gasteiger charge is -2.29. The van der Waals surface area contributed by atoms with Crippen LogP contribution in [0.4, 0.5) is 30.7 Å². The number of alkyl halides is 6. The van der Waals surface area contributed by atoms with E-state index in [2.05, 4.69) is 10.1 Å². The Morgan fingerprint density at radius 2 is 1.68 bits per heavy atom. The van der Waals surface area contributed by atoms with Crippen molar-refractivity contribution in [2.75, 3.05) is 0 Å². The Morgan fingerprint density at radius 1 is 1.03 bits per heavy atom. The van der Waals surface area contributed by atoms with Gasteiger partial charge in [0.2, 0.25) is 11.8 Å². The first-order chi connectivity index (χ1) is 17.7. The maximum Gasteiger partial charge on any atom is 0.573 e. The summed E-state index contributed by atoms with van der Waals surface area (Å²) in [5, 5.41) is 3.68. The zero-order valence-electron chi connectivity index (χ0n) is 18.9. The maximum absolute atomic E-state index is 15.3. The topological polar surface area (TPSA) is 105 Å². The molecule has 0 spiro atoms. The monoisotopic (exact) mass is 547 g/mol. The number of nitrogens with zero attached hydrogens (tertiary/aromatic N) is 1. The molecule has 15 heteroatoms. The average Bonchev–Trinajstić information content (AvgIpc) is 3.13. The minimum absolute atomic E-state index is 0.0145. The number of hydrogen-bond acceptors (Lipinski definition) is 5. The first-order valence-electron chi connectivity index (χ1n) is 10.8. The summed E-state index contributed by atoms with van der Waals surface area (Å²) in [5.41, 5.74) is -1.99. The molecule has 1 saturated heterocycles. The third kappa shape index (κ3) is 5.40. The first-order valence-corrected chi connectivity index (χ1v) is 10.8. The quantitative estimate of drug-likeness (QED) is 0.441. The molecular formula is C23H16F7N3O5. The smallest absolute Gasteiger partial charge is 0.406 e. The molecule has 0 radical (unpaired) electrons. The van der Waals surface area contributed by atoms with Crippen molar-refractivity contribution in [3.8, 4) is 5.75 Å². The third-order valence-corrected chi connectivity index (χ3v) is 5.94. The van der Waals surface area contributed by atoms with E-state index in [1.54, 1.807) is 5.32 Å². The van der Waals surface area contributed by atoms with Gasteiger partial charge in [0.25, 0.3) is 11.8 Å². The molecule has 2 aromatic rings. The van der Waals surface area contributed by atoms with Crippen LogP contribution in [-0.2, 0) is 16.1 Å². The molecule has 0 aliphatic carbocycles. The Kier molecular flexibility index (Phi) is 6.80. The fraction of sp³-hybridized carbons (Fsp3) is 0.304. The van der Waals surface area contributed by atoms with Gasteiger partial charge in [0, 0.05) is 17.5 Å². The zero-order chi connectivity index (χ0) is 28.0. The number of nitrogens with one attached hydrogen (secondary N) is 2. The van der Waals surface area contributed by atoms with Crippen molar-refractivity contribution in [1.29, 1.82) is 0 Å². The number of hydrogen-bond donors (Lipinski definition) is 2. The maximum atomic E-state index is 15.3. The molecule has 4 rings (SSSR count). The zero-order valence-corrected chi connectivity index (χ0v) is 18.9. The van der Waals surface area contributed by atoms with E-state index in [9.17, 15) is 45.5 Å². The van der Waals surface area contributed by atoms with Crippen molar-refractivity contribution in [3.05, 3.63) is 64.5 Å². The minimum Gasteiger partial charge on any atom is -0.406 e. The second-order valence-corrected chi connectivity index (χ2v) is 8.42. The highest BCUT2D eigenvalue weighted by Gasteiger charge is 2.44. The summed E-state index contributed by atoms with van der Waals surface area (Å²) in [6.07, 6.45) is -10.3. The van der Waals surface area contributed by atoms with E-state index in [4.69, 9.17) is 0 Å². The number of imide groups is 1. The van der Waals surface area contributed by atoms with Gasteiger partial charge in [-0.15, -0.1) is 13.2 Å². The van der Waals surface area contributed by atoms with Crippen LogP contribution < -0.4 is 15.4 Å². The minimum atomic E-state index is -5.12. The van der Waals surface area contributed by atoms with Crippen LogP contribution in [0, 0.1) is 5.82 Å². The number of carbonyl (C=O) groups excluding carboxylic acids is 4. The molecular weight excluding hydrogens is 531 g/mol. The molecule has 0 saturated carbocycles. The van der Waals surface area contributed by atoms with Crippen molar-refractivity contribution in [2.45, 2.75) is 44.0 Å². The fourth-order valence-corrected chi connectivity index (χ4v) is 4.20. The van der Waals surface area contributed by atoms with Gasteiger partial charge in [-0.1, -0.05) is 12.1 Å². The molecule has 38 heavy (non-hydrogen) atoms. The van der Waals surface area contributed by atoms with Crippen LogP contribution in [0.1, 0.15) is 50.7 Å². The van der Waals surface area contributed by atoms with Gasteiger partial charge in [0.1, 0.15) is 17.6 Å². The summed E-state index contributed by atoms with van der Waals surface area (Å²) >= 11 is 0. The van der Waals surface area contributed by atoms with Crippen LogP contribution in [0.15, 0.2) is 36.4 Å². The molecule has 2 aliphatic rings. The fourth-order valence-electron chi connectivity index (χ4n) is 4.20. The van der Waals surface area contributed by atoms with Gasteiger partial charge in [-0.25, -0.2) is 4.39 Å². The third-order valence-electron chi connectivity index (χ3n) is 5.94. The second-order valence-electron chi connectivity index (χ2n) is 8.42. The molecule has 4 amide bonds. The molecule has 2 atom stereocenters. The van der Waals surface area contributed by atoms with Gasteiger partial charge >= 0.3 is 12.5 Å². The molecule has 0 bridgehead atoms. The number of carbonyl (C=O) groups is 4. The number of fused-ring (bicyclic) bond motifs is 1. The van der Waals surface area contributed by atoms with Crippen LogP contribution in [0.3, 0.4) is 0 Å². The van der Waals surface area contributed by atoms with E-state index in [-0.39, 0.29) is 24.0 Å². The van der Waals surface area contributed by atoms with Crippen LogP contribution in [-0.4, -0.2) is 47.1 Å². The summed E-state index contributed by atoms with van der Waals surface area (Å²) in [5.74, 6) is -5.63. The number of benzene rings is 2. The van der Waals surface area contributed by atoms with Gasteiger partial charge in [-0.05, 0) is 36.2 Å². The van der Waals surface area contributed by atoms with Crippen LogP contribution in [0.5, 0.6) is 5.75 Å². The largest absolute Gasteiger partial charge is 0.573 e. The van der Waals surface area contributed by atoms with E-state index in [1.165, 1.54) is 0 Å². The van der Waals surface area contributed by atoms with Crippen molar-refractivity contribution >= 4 is 23.6 Å². The van der Waals surface area contributed by atoms with Gasteiger partial charge in [0.15, 0.2) is 6.04 Å². The van der Waals surface area contributed by atoms with Crippen molar-refractivity contribution < 1.29 is 54.6 Å². The normalized spacial score (nSPS) is 18.7. The van der Waals surface area contributed by atoms with Gasteiger partial charge in [-0.2, -0.15) is 13.2 Å². The average molecular weight is 547 g/mol. The number of amides is 4. The summed E-state index contributed by atoms with van der Waals surface area (Å²) in [6, 6.07) is 0.616. The highest BCUT2D eigenvalue weighted by Crippen LogP contribution is 2.35. The van der Waals surface area contributed by atoms with E-state index < -0.39 is 77.5 Å². The SMILES string of the molecule is O=C1CCC(N2Cc3c(ccc(C(=O)N[C@H](c4ccc(OC(F)(F)F)cc4)C(F)(F)F)c3F)C2=O)C(=O)N1. The molecule has 8 nitrogen and oxygen atoms in total. The molecule has 2 aromatic carbocycles. The first kappa shape index (κ1) is 26.9. The van der Waals surface area contributed by atoms with Crippen LogP contribution in [0.2, 0.25) is 0 Å². The van der Waals surface area contributed by atoms with Gasteiger partial charge in [-0.3, -0.25) is 24.5 Å². The number of ether oxygens (including phenoxy) is 1. The van der Waals surface area contributed by atoms with E-state index in [0.29, 0.717) is 24.3 Å². The Morgan fingerprint density at radius 3 is 2.26 bits per heavy atom. The van der Waals surface area contributed by atoms with Gasteiger partial charge < -0.3 is 15.0 Å². The van der Waals surface area contributed by atoms with Crippen LogP contribution >= 0.6 is 0 Å². The lowest BCUT2D eigenvalue weighted by Crippen LogP contribution is -2.52. The number of piperidine rings is 1. The second kappa shape index (κ2) is 9.61. The number of rotatable bonds is 5. The Hall–Kier alpha value is -4.17. The van der Waals surface area contributed by atoms with Crippen molar-refractivity contribution in [2.24, 2.45) is 0 Å². The van der Waals surface area contributed by atoms with Crippen molar-refractivity contribution in [1.82, 2.24) is 15.5 Å². The lowest BCUT2D eigenvalue weighted by atomic mass is 10.0. The standard InChI is InChI=1S/C23H16F7N3O5/c24-17-13(6-5-12-14(17)9-33(21(12)37)15-7-8-16(34)31-20(15)36)19(35)32-18(22(25,26)27)10-1-3-11(4-2-10)38-23(28,29)30/h1-6,15,18H,7-9H2,(H,32,35)(H,31,34,36)/t15?,18-/m1/s1. The summed E-state index contributed by atoms with van der Waals surface area (Å²) in [6.45, 7) is -0.462. The Bertz CT molecular complexity index is 1310. The summed E-state index contributed by atoms with van der Waals surface area (Å²) < 4.78 is 97.0.